The standard InChI is InChI=1S/C21H24N4O4/c1-29-21(28)17-11-16(12-22)20(27)25(13-17)15-19(26)14-23-7-9-24(10-8-23)18-5-3-2-4-6-18/h2-6,11,13,19,26H,7-10,14-15H2,1H3/t19-/m0/s1. The Bertz CT molecular complexity index is 943. The zero-order chi connectivity index (χ0) is 20.8. The van der Waals surface area contributed by atoms with Crippen LogP contribution in [0.25, 0.3) is 0 Å². The second-order valence-corrected chi connectivity index (χ2v) is 6.98. The van der Waals surface area contributed by atoms with Crippen LogP contribution < -0.4 is 10.5 Å². The molecule has 1 saturated heterocycles. The van der Waals surface area contributed by atoms with Gasteiger partial charge in [0.25, 0.3) is 5.56 Å². The van der Waals surface area contributed by atoms with Crippen molar-refractivity contribution in [2.75, 3.05) is 44.7 Å². The van der Waals surface area contributed by atoms with Crippen LogP contribution in [0, 0.1) is 11.3 Å². The summed E-state index contributed by atoms with van der Waals surface area (Å²) in [4.78, 5) is 28.6. The van der Waals surface area contributed by atoms with E-state index in [0.717, 1.165) is 26.2 Å². The fourth-order valence-corrected chi connectivity index (χ4v) is 3.49. The summed E-state index contributed by atoms with van der Waals surface area (Å²) in [6, 6.07) is 13.2. The molecule has 1 aromatic carbocycles. The molecular formula is C21H24N4O4. The van der Waals surface area contributed by atoms with Gasteiger partial charge in [0.05, 0.1) is 25.3 Å². The lowest BCUT2D eigenvalue weighted by Crippen LogP contribution is -2.49. The minimum atomic E-state index is -0.810. The molecule has 3 rings (SSSR count). The molecule has 0 radical (unpaired) electrons. The number of ether oxygens (including phenoxy) is 1. The summed E-state index contributed by atoms with van der Waals surface area (Å²) < 4.78 is 5.87. The number of hydrogen-bond donors (Lipinski definition) is 1. The highest BCUT2D eigenvalue weighted by atomic mass is 16.5. The van der Waals surface area contributed by atoms with Crippen LogP contribution in [0.4, 0.5) is 5.69 Å². The third-order valence-electron chi connectivity index (χ3n) is 5.00. The molecule has 8 nitrogen and oxygen atoms in total. The van der Waals surface area contributed by atoms with Crippen LogP contribution in [0.5, 0.6) is 0 Å². The van der Waals surface area contributed by atoms with E-state index in [0.29, 0.717) is 6.54 Å². The zero-order valence-corrected chi connectivity index (χ0v) is 16.3. The van der Waals surface area contributed by atoms with Gasteiger partial charge in [-0.2, -0.15) is 5.26 Å². The lowest BCUT2D eigenvalue weighted by Gasteiger charge is -2.37. The summed E-state index contributed by atoms with van der Waals surface area (Å²) in [7, 11) is 1.23. The minimum Gasteiger partial charge on any atom is -0.465 e. The van der Waals surface area contributed by atoms with Crippen molar-refractivity contribution < 1.29 is 14.6 Å². The van der Waals surface area contributed by atoms with Crippen molar-refractivity contribution in [2.24, 2.45) is 0 Å². The van der Waals surface area contributed by atoms with Crippen LogP contribution in [-0.2, 0) is 11.3 Å². The molecule has 29 heavy (non-hydrogen) atoms. The van der Waals surface area contributed by atoms with Gasteiger partial charge in [0.15, 0.2) is 0 Å². The molecule has 1 aliphatic heterocycles. The first-order valence-electron chi connectivity index (χ1n) is 9.45. The quantitative estimate of drug-likeness (QED) is 0.717. The van der Waals surface area contributed by atoms with Crippen molar-refractivity contribution in [3.63, 3.8) is 0 Å². The number of methoxy groups -OCH3 is 1. The lowest BCUT2D eigenvalue weighted by atomic mass is 10.2. The number of benzene rings is 1. The average molecular weight is 396 g/mol. The molecule has 0 spiro atoms. The average Bonchev–Trinajstić information content (AvgIpc) is 2.75. The Balaban J connectivity index is 1.61. The summed E-state index contributed by atoms with van der Waals surface area (Å²) in [6.45, 7) is 3.70. The number of carbonyl (C=O) groups excluding carboxylic acids is 1. The molecule has 8 heteroatoms. The number of aliphatic hydroxyl groups excluding tert-OH is 1. The van der Waals surface area contributed by atoms with Crippen LogP contribution in [0.15, 0.2) is 47.4 Å². The Kier molecular flexibility index (Phi) is 6.65. The van der Waals surface area contributed by atoms with Crippen molar-refractivity contribution in [3.05, 3.63) is 64.1 Å². The highest BCUT2D eigenvalue weighted by Gasteiger charge is 2.21. The van der Waals surface area contributed by atoms with Crippen molar-refractivity contribution in [1.82, 2.24) is 9.47 Å². The number of aliphatic hydroxyl groups is 1. The Morgan fingerprint density at radius 2 is 1.90 bits per heavy atom. The maximum atomic E-state index is 12.3. The molecule has 0 amide bonds. The SMILES string of the molecule is COC(=O)c1cc(C#N)c(=O)n(C[C@@H](O)CN2CCN(c3ccccc3)CC2)c1. The molecule has 0 bridgehead atoms. The molecule has 0 aliphatic carbocycles. The first kappa shape index (κ1) is 20.6. The van der Waals surface area contributed by atoms with Gasteiger partial charge in [0.1, 0.15) is 11.6 Å². The summed E-state index contributed by atoms with van der Waals surface area (Å²) in [5.41, 5.74) is 0.597. The Morgan fingerprint density at radius 1 is 1.21 bits per heavy atom. The molecule has 2 heterocycles. The van der Waals surface area contributed by atoms with Gasteiger partial charge in [0, 0.05) is 44.6 Å². The molecule has 1 aromatic heterocycles. The fraction of sp³-hybridized carbons (Fsp3) is 0.381. The third kappa shape index (κ3) is 5.02. The number of hydrogen-bond acceptors (Lipinski definition) is 7. The van der Waals surface area contributed by atoms with Gasteiger partial charge >= 0.3 is 5.97 Å². The maximum Gasteiger partial charge on any atom is 0.339 e. The number of anilines is 1. The largest absolute Gasteiger partial charge is 0.465 e. The predicted molar refractivity (Wildman–Crippen MR) is 108 cm³/mol. The summed E-state index contributed by atoms with van der Waals surface area (Å²) >= 11 is 0. The topological polar surface area (TPSA) is 98.8 Å². The molecule has 0 unspecified atom stereocenters. The van der Waals surface area contributed by atoms with Gasteiger partial charge in [-0.05, 0) is 18.2 Å². The van der Waals surface area contributed by atoms with E-state index < -0.39 is 17.6 Å². The number of pyridine rings is 1. The molecule has 1 fully saturated rings. The number of nitriles is 1. The molecule has 1 atom stereocenters. The van der Waals surface area contributed by atoms with E-state index in [1.807, 2.05) is 18.2 Å². The first-order valence-corrected chi connectivity index (χ1v) is 9.45. The third-order valence-corrected chi connectivity index (χ3v) is 5.00. The molecule has 0 saturated carbocycles. The molecule has 1 aliphatic rings. The number of carbonyl (C=O) groups is 1. The number of nitrogens with zero attached hydrogens (tertiary/aromatic N) is 4. The summed E-state index contributed by atoms with van der Waals surface area (Å²) in [5, 5.41) is 19.6. The number of β-amino-alcohol motifs (C(OH)–C–C–N with tert-alkyl or cyclic N) is 1. The maximum absolute atomic E-state index is 12.3. The van der Waals surface area contributed by atoms with E-state index in [1.54, 1.807) is 6.07 Å². The molecule has 2 aromatic rings. The fourth-order valence-electron chi connectivity index (χ4n) is 3.49. The van der Waals surface area contributed by atoms with Gasteiger partial charge in [0.2, 0.25) is 0 Å². The van der Waals surface area contributed by atoms with Crippen LogP contribution >= 0.6 is 0 Å². The number of rotatable bonds is 6. The summed E-state index contributed by atoms with van der Waals surface area (Å²) in [6.07, 6.45) is 0.515. The predicted octanol–water partition coefficient (Wildman–Crippen LogP) is 0.690. The van der Waals surface area contributed by atoms with Crippen molar-refractivity contribution >= 4 is 11.7 Å². The highest BCUT2D eigenvalue weighted by Crippen LogP contribution is 2.15. The van der Waals surface area contributed by atoms with Gasteiger partial charge < -0.3 is 19.3 Å². The van der Waals surface area contributed by atoms with Gasteiger partial charge in [-0.25, -0.2) is 4.79 Å². The van der Waals surface area contributed by atoms with E-state index in [9.17, 15) is 14.7 Å². The molecule has 1 N–H and O–H groups in total. The lowest BCUT2D eigenvalue weighted by molar-refractivity contribution is 0.0597. The van der Waals surface area contributed by atoms with Crippen LogP contribution in [-0.4, -0.2) is 66.5 Å². The number of para-hydroxylation sites is 1. The van der Waals surface area contributed by atoms with Crippen molar-refractivity contribution in [3.8, 4) is 6.07 Å². The number of esters is 1. The van der Waals surface area contributed by atoms with Crippen molar-refractivity contribution in [2.45, 2.75) is 12.6 Å². The Hall–Kier alpha value is -3.15. The van der Waals surface area contributed by atoms with Crippen LogP contribution in [0.1, 0.15) is 15.9 Å². The number of piperazine rings is 1. The molecule has 152 valence electrons. The summed E-state index contributed by atoms with van der Waals surface area (Å²) in [5.74, 6) is -0.637. The van der Waals surface area contributed by atoms with E-state index in [2.05, 4.69) is 26.7 Å². The van der Waals surface area contributed by atoms with E-state index in [1.165, 1.54) is 29.6 Å². The van der Waals surface area contributed by atoms with E-state index >= 15 is 0 Å². The van der Waals surface area contributed by atoms with Crippen LogP contribution in [0.3, 0.4) is 0 Å². The van der Waals surface area contributed by atoms with Gasteiger partial charge in [-0.15, -0.1) is 0 Å². The minimum absolute atomic E-state index is 0.00273. The first-order chi connectivity index (χ1) is 14.0. The monoisotopic (exact) mass is 396 g/mol. The number of aromatic nitrogens is 1. The smallest absolute Gasteiger partial charge is 0.339 e. The zero-order valence-electron chi connectivity index (χ0n) is 16.3. The second kappa shape index (κ2) is 9.37. The highest BCUT2D eigenvalue weighted by molar-refractivity contribution is 5.89. The Labute approximate surface area is 169 Å². The van der Waals surface area contributed by atoms with Gasteiger partial charge in [-0.1, -0.05) is 18.2 Å². The second-order valence-electron chi connectivity index (χ2n) is 6.98. The van der Waals surface area contributed by atoms with E-state index in [4.69, 9.17) is 5.26 Å². The molecular weight excluding hydrogens is 372 g/mol. The normalized spacial score (nSPS) is 15.6. The van der Waals surface area contributed by atoms with Crippen molar-refractivity contribution in [1.29, 1.82) is 5.26 Å². The van der Waals surface area contributed by atoms with Crippen LogP contribution in [0.2, 0.25) is 0 Å². The van der Waals surface area contributed by atoms with E-state index in [-0.39, 0.29) is 17.7 Å². The van der Waals surface area contributed by atoms with Gasteiger partial charge in [-0.3, -0.25) is 9.69 Å². The Morgan fingerprint density at radius 3 is 2.52 bits per heavy atom.